The topological polar surface area (TPSA) is 116 Å². The van der Waals surface area contributed by atoms with E-state index in [2.05, 4.69) is 4.72 Å². The van der Waals surface area contributed by atoms with Gasteiger partial charge in [-0.3, -0.25) is 24.0 Å². The number of nitrogens with one attached hydrogen (secondary N) is 1. The molecular formula is C16H16N4O5S. The molecule has 3 aromatic rings. The lowest BCUT2D eigenvalue weighted by atomic mass is 10.2. The fraction of sp³-hybridized carbons (Fsp3) is 0.188. The third-order valence-corrected chi connectivity index (χ3v) is 5.72. The number of aryl methyl sites for hydroxylation is 3. The molecule has 0 aliphatic heterocycles. The Morgan fingerprint density at radius 2 is 1.69 bits per heavy atom. The Morgan fingerprint density at radius 3 is 2.35 bits per heavy atom. The summed E-state index contributed by atoms with van der Waals surface area (Å²) < 4.78 is 30.6. The second-order valence-corrected chi connectivity index (χ2v) is 7.57. The summed E-state index contributed by atoms with van der Waals surface area (Å²) in [6, 6.07) is 8.37. The molecule has 10 heteroatoms. The smallest absolute Gasteiger partial charge is 0.295 e. The van der Waals surface area contributed by atoms with Gasteiger partial charge in [-0.05, 0) is 30.7 Å². The average molecular weight is 376 g/mol. The number of rotatable bonds is 4. The SMILES string of the molecule is Cc1ccc([N+](=O)[O-])cc1S(=O)(=O)Nc1ccc2c(c1)n(C)c(=O)n2C. The molecular weight excluding hydrogens is 360 g/mol. The second kappa shape index (κ2) is 5.99. The molecule has 3 rings (SSSR count). The number of anilines is 1. The van der Waals surface area contributed by atoms with Gasteiger partial charge in [0.05, 0.1) is 26.5 Å². The zero-order valence-corrected chi connectivity index (χ0v) is 15.1. The minimum atomic E-state index is -4.03. The molecule has 26 heavy (non-hydrogen) atoms. The van der Waals surface area contributed by atoms with Crippen molar-refractivity contribution in [2.45, 2.75) is 11.8 Å². The van der Waals surface area contributed by atoms with Crippen LogP contribution in [0.4, 0.5) is 11.4 Å². The van der Waals surface area contributed by atoms with Crippen LogP contribution < -0.4 is 10.4 Å². The quantitative estimate of drug-likeness (QED) is 0.551. The molecule has 9 nitrogen and oxygen atoms in total. The minimum Gasteiger partial charge on any atom is -0.295 e. The van der Waals surface area contributed by atoms with Gasteiger partial charge in [-0.2, -0.15) is 0 Å². The summed E-state index contributed by atoms with van der Waals surface area (Å²) in [5.41, 5.74) is 1.33. The zero-order valence-electron chi connectivity index (χ0n) is 14.3. The van der Waals surface area contributed by atoms with E-state index in [0.29, 0.717) is 16.6 Å². The normalized spacial score (nSPS) is 11.7. The predicted molar refractivity (Wildman–Crippen MR) is 96.8 cm³/mol. The van der Waals surface area contributed by atoms with Gasteiger partial charge in [-0.25, -0.2) is 13.2 Å². The molecule has 1 N–H and O–H groups in total. The summed E-state index contributed by atoms with van der Waals surface area (Å²) >= 11 is 0. The number of aromatic nitrogens is 2. The number of imidazole rings is 1. The van der Waals surface area contributed by atoms with Crippen LogP contribution in [0.1, 0.15) is 5.56 Å². The van der Waals surface area contributed by atoms with Gasteiger partial charge in [0.25, 0.3) is 15.7 Å². The molecule has 0 aliphatic carbocycles. The number of benzene rings is 2. The Bertz CT molecular complexity index is 1210. The lowest BCUT2D eigenvalue weighted by molar-refractivity contribution is -0.385. The molecule has 0 amide bonds. The Balaban J connectivity index is 2.07. The first-order chi connectivity index (χ1) is 12.1. The maximum atomic E-state index is 12.7. The molecule has 0 unspecified atom stereocenters. The maximum Gasteiger partial charge on any atom is 0.328 e. The standard InChI is InChI=1S/C16H16N4O5S/c1-10-4-6-12(20(22)23)9-15(10)26(24,25)17-11-5-7-13-14(8-11)19(3)16(21)18(13)2/h4-9,17H,1-3H3. The van der Waals surface area contributed by atoms with Crippen LogP contribution in [0.15, 0.2) is 46.1 Å². The highest BCUT2D eigenvalue weighted by molar-refractivity contribution is 7.92. The van der Waals surface area contributed by atoms with Crippen LogP contribution in [0.25, 0.3) is 11.0 Å². The third kappa shape index (κ3) is 2.84. The Morgan fingerprint density at radius 1 is 1.04 bits per heavy atom. The first kappa shape index (κ1) is 17.7. The van der Waals surface area contributed by atoms with Gasteiger partial charge in [0.15, 0.2) is 0 Å². The van der Waals surface area contributed by atoms with Gasteiger partial charge in [0.2, 0.25) is 0 Å². The molecule has 1 aromatic heterocycles. The van der Waals surface area contributed by atoms with Crippen LogP contribution in [0, 0.1) is 17.0 Å². The molecule has 1 heterocycles. The summed E-state index contributed by atoms with van der Waals surface area (Å²) in [6.45, 7) is 1.56. The number of hydrogen-bond donors (Lipinski definition) is 1. The van der Waals surface area contributed by atoms with Crippen LogP contribution in [0.2, 0.25) is 0 Å². The summed E-state index contributed by atoms with van der Waals surface area (Å²) in [5, 5.41) is 10.9. The van der Waals surface area contributed by atoms with Crippen LogP contribution in [0.3, 0.4) is 0 Å². The van der Waals surface area contributed by atoms with Crippen molar-refractivity contribution in [2.24, 2.45) is 14.1 Å². The monoisotopic (exact) mass is 376 g/mol. The van der Waals surface area contributed by atoms with Crippen molar-refractivity contribution in [1.29, 1.82) is 0 Å². The van der Waals surface area contributed by atoms with Gasteiger partial charge in [0, 0.05) is 26.2 Å². The van der Waals surface area contributed by atoms with E-state index in [4.69, 9.17) is 0 Å². The minimum absolute atomic E-state index is 0.172. The summed E-state index contributed by atoms with van der Waals surface area (Å²) in [7, 11) is -0.817. The van der Waals surface area contributed by atoms with Crippen LogP contribution in [-0.4, -0.2) is 22.5 Å². The highest BCUT2D eigenvalue weighted by atomic mass is 32.2. The lowest BCUT2D eigenvalue weighted by Crippen LogP contribution is -2.19. The average Bonchev–Trinajstić information content (AvgIpc) is 2.79. The second-order valence-electron chi connectivity index (χ2n) is 5.92. The fourth-order valence-electron chi connectivity index (χ4n) is 2.77. The van der Waals surface area contributed by atoms with E-state index < -0.39 is 14.9 Å². The number of hydrogen-bond acceptors (Lipinski definition) is 5. The largest absolute Gasteiger partial charge is 0.328 e. The van der Waals surface area contributed by atoms with Crippen molar-refractivity contribution in [1.82, 2.24) is 9.13 Å². The van der Waals surface area contributed by atoms with E-state index in [9.17, 15) is 23.3 Å². The van der Waals surface area contributed by atoms with E-state index in [-0.39, 0.29) is 22.0 Å². The molecule has 0 aliphatic rings. The number of fused-ring (bicyclic) bond motifs is 1. The molecule has 136 valence electrons. The highest BCUT2D eigenvalue weighted by Gasteiger charge is 2.21. The first-order valence-corrected chi connectivity index (χ1v) is 9.03. The Kier molecular flexibility index (Phi) is 4.07. The third-order valence-electron chi connectivity index (χ3n) is 4.20. The molecule has 0 saturated carbocycles. The summed E-state index contributed by atoms with van der Waals surface area (Å²) in [6.07, 6.45) is 0. The molecule has 0 atom stereocenters. The predicted octanol–water partition coefficient (Wildman–Crippen LogP) is 1.89. The van der Waals surface area contributed by atoms with E-state index in [0.717, 1.165) is 6.07 Å². The van der Waals surface area contributed by atoms with Crippen molar-refractivity contribution in [3.63, 3.8) is 0 Å². The van der Waals surface area contributed by atoms with Gasteiger partial charge in [0.1, 0.15) is 0 Å². The molecule has 0 fully saturated rings. The van der Waals surface area contributed by atoms with Crippen molar-refractivity contribution in [2.75, 3.05) is 4.72 Å². The number of nitrogens with zero attached hydrogens (tertiary/aromatic N) is 3. The lowest BCUT2D eigenvalue weighted by Gasteiger charge is -2.10. The van der Waals surface area contributed by atoms with Crippen molar-refractivity contribution < 1.29 is 13.3 Å². The molecule has 0 radical (unpaired) electrons. The van der Waals surface area contributed by atoms with Gasteiger partial charge in [-0.15, -0.1) is 0 Å². The Labute approximate surface area is 148 Å². The highest BCUT2D eigenvalue weighted by Crippen LogP contribution is 2.25. The molecule has 0 bridgehead atoms. The van der Waals surface area contributed by atoms with Crippen LogP contribution >= 0.6 is 0 Å². The van der Waals surface area contributed by atoms with Gasteiger partial charge >= 0.3 is 5.69 Å². The maximum absolute atomic E-state index is 12.7. The van der Waals surface area contributed by atoms with Crippen molar-refractivity contribution >= 4 is 32.4 Å². The number of nitro groups is 1. The van der Waals surface area contributed by atoms with E-state index >= 15 is 0 Å². The van der Waals surface area contributed by atoms with Crippen LogP contribution in [0.5, 0.6) is 0 Å². The van der Waals surface area contributed by atoms with E-state index in [1.807, 2.05) is 0 Å². The molecule has 2 aromatic carbocycles. The summed E-state index contributed by atoms with van der Waals surface area (Å²) in [4.78, 5) is 22.1. The fourth-order valence-corrected chi connectivity index (χ4v) is 4.09. The van der Waals surface area contributed by atoms with Crippen molar-refractivity contribution in [3.05, 3.63) is 62.6 Å². The number of sulfonamides is 1. The number of nitro benzene ring substituents is 1. The zero-order chi connectivity index (χ0) is 19.2. The Hall–Kier alpha value is -3.14. The summed E-state index contributed by atoms with van der Waals surface area (Å²) in [5.74, 6) is 0. The van der Waals surface area contributed by atoms with Gasteiger partial charge < -0.3 is 0 Å². The molecule has 0 saturated heterocycles. The van der Waals surface area contributed by atoms with Gasteiger partial charge in [-0.1, -0.05) is 6.07 Å². The van der Waals surface area contributed by atoms with Crippen molar-refractivity contribution in [3.8, 4) is 0 Å². The molecule has 0 spiro atoms. The van der Waals surface area contributed by atoms with E-state index in [1.54, 1.807) is 33.2 Å². The van der Waals surface area contributed by atoms with E-state index in [1.165, 1.54) is 27.3 Å². The number of non-ortho nitro benzene ring substituents is 1. The first-order valence-electron chi connectivity index (χ1n) is 7.55. The van der Waals surface area contributed by atoms with Crippen LogP contribution in [-0.2, 0) is 24.1 Å².